The van der Waals surface area contributed by atoms with Gasteiger partial charge in [-0.15, -0.1) is 0 Å². The van der Waals surface area contributed by atoms with Crippen LogP contribution in [-0.4, -0.2) is 35.0 Å². The van der Waals surface area contributed by atoms with E-state index in [4.69, 9.17) is 4.74 Å². The van der Waals surface area contributed by atoms with Crippen molar-refractivity contribution < 1.29 is 9.53 Å². The summed E-state index contributed by atoms with van der Waals surface area (Å²) >= 11 is 0. The average Bonchev–Trinajstić information content (AvgIpc) is 2.79. The Balaban J connectivity index is 1.98. The van der Waals surface area contributed by atoms with Crippen molar-refractivity contribution in [2.24, 2.45) is 0 Å². The summed E-state index contributed by atoms with van der Waals surface area (Å²) in [7, 11) is 3.98. The molecule has 4 rings (SSSR count). The van der Waals surface area contributed by atoms with Crippen molar-refractivity contribution in [3.05, 3.63) is 72.3 Å². The standard InChI is InChI=1S/C24H27N5O2/c1-4-5-14-24(17-10-7-6-8-11-17)21(28-23-26-15-25-16-27-23)20-18(29(2)3)12-9-13-19(20)31-22(24)30/h6-13,15-16,21H,4-5,14H2,1-3H3,(H,25,26,27,28). The van der Waals surface area contributed by atoms with E-state index in [1.807, 2.05) is 67.5 Å². The molecule has 31 heavy (non-hydrogen) atoms. The second kappa shape index (κ2) is 8.71. The summed E-state index contributed by atoms with van der Waals surface area (Å²) in [5.74, 6) is 0.721. The second-order valence-corrected chi connectivity index (χ2v) is 7.95. The maximum atomic E-state index is 13.7. The van der Waals surface area contributed by atoms with Gasteiger partial charge in [0.2, 0.25) is 5.95 Å². The summed E-state index contributed by atoms with van der Waals surface area (Å²) in [6.07, 6.45) is 5.37. The number of nitrogens with one attached hydrogen (secondary N) is 1. The fraction of sp³-hybridized carbons (Fsp3) is 0.333. The SMILES string of the molecule is CCCCC1(c2ccccc2)C(=O)Oc2cccc(N(C)C)c2C1Nc1ncncn1. The maximum absolute atomic E-state index is 13.7. The third-order valence-corrected chi connectivity index (χ3v) is 5.85. The van der Waals surface area contributed by atoms with Crippen LogP contribution in [0.1, 0.15) is 43.4 Å². The molecule has 0 fully saturated rings. The minimum Gasteiger partial charge on any atom is -0.425 e. The number of carbonyl (C=O) groups is 1. The van der Waals surface area contributed by atoms with Crippen LogP contribution >= 0.6 is 0 Å². The van der Waals surface area contributed by atoms with E-state index in [1.54, 1.807) is 0 Å². The largest absolute Gasteiger partial charge is 0.425 e. The van der Waals surface area contributed by atoms with Crippen LogP contribution in [0.3, 0.4) is 0 Å². The van der Waals surface area contributed by atoms with Gasteiger partial charge >= 0.3 is 5.97 Å². The van der Waals surface area contributed by atoms with Crippen molar-refractivity contribution in [1.29, 1.82) is 0 Å². The van der Waals surface area contributed by atoms with E-state index in [9.17, 15) is 4.79 Å². The summed E-state index contributed by atoms with van der Waals surface area (Å²) < 4.78 is 6.00. The average molecular weight is 418 g/mol. The zero-order chi connectivity index (χ0) is 21.8. The van der Waals surface area contributed by atoms with Crippen LogP contribution in [0.25, 0.3) is 0 Å². The van der Waals surface area contributed by atoms with E-state index in [0.29, 0.717) is 18.1 Å². The molecule has 0 amide bonds. The molecule has 2 aromatic carbocycles. The van der Waals surface area contributed by atoms with Crippen molar-refractivity contribution in [3.8, 4) is 5.75 Å². The van der Waals surface area contributed by atoms with Gasteiger partial charge in [-0.05, 0) is 24.1 Å². The molecule has 1 aliphatic heterocycles. The number of esters is 1. The number of aromatic nitrogens is 3. The van der Waals surface area contributed by atoms with Crippen LogP contribution in [-0.2, 0) is 10.2 Å². The lowest BCUT2D eigenvalue weighted by atomic mass is 9.66. The molecule has 0 spiro atoms. The van der Waals surface area contributed by atoms with E-state index in [0.717, 1.165) is 29.7 Å². The Morgan fingerprint density at radius 2 is 1.81 bits per heavy atom. The number of hydrogen-bond acceptors (Lipinski definition) is 7. The molecular formula is C24H27N5O2. The van der Waals surface area contributed by atoms with Gasteiger partial charge in [-0.1, -0.05) is 56.2 Å². The van der Waals surface area contributed by atoms with Gasteiger partial charge in [-0.25, -0.2) is 15.0 Å². The summed E-state index contributed by atoms with van der Waals surface area (Å²) in [5, 5.41) is 3.47. The predicted molar refractivity (Wildman–Crippen MR) is 120 cm³/mol. The first-order valence-corrected chi connectivity index (χ1v) is 10.5. The first-order chi connectivity index (χ1) is 15.1. The molecule has 1 aromatic heterocycles. The second-order valence-electron chi connectivity index (χ2n) is 7.95. The monoisotopic (exact) mass is 417 g/mol. The lowest BCUT2D eigenvalue weighted by molar-refractivity contribution is -0.143. The number of anilines is 2. The maximum Gasteiger partial charge on any atom is 0.324 e. The minimum absolute atomic E-state index is 0.262. The van der Waals surface area contributed by atoms with Gasteiger partial charge in [0.05, 0.1) is 6.04 Å². The highest BCUT2D eigenvalue weighted by atomic mass is 16.5. The molecule has 2 atom stereocenters. The molecule has 3 aromatic rings. The Bertz CT molecular complexity index is 1040. The molecule has 160 valence electrons. The number of benzene rings is 2. The molecule has 0 saturated carbocycles. The third-order valence-electron chi connectivity index (χ3n) is 5.85. The van der Waals surface area contributed by atoms with E-state index < -0.39 is 11.5 Å². The number of fused-ring (bicyclic) bond motifs is 1. The van der Waals surface area contributed by atoms with E-state index >= 15 is 0 Å². The zero-order valence-electron chi connectivity index (χ0n) is 18.1. The Morgan fingerprint density at radius 3 is 2.48 bits per heavy atom. The molecule has 0 saturated heterocycles. The number of carbonyl (C=O) groups excluding carboxylic acids is 1. The van der Waals surface area contributed by atoms with E-state index in [-0.39, 0.29) is 5.97 Å². The molecule has 7 nitrogen and oxygen atoms in total. The number of rotatable bonds is 7. The molecule has 1 N–H and O–H groups in total. The van der Waals surface area contributed by atoms with Gasteiger partial charge < -0.3 is 15.0 Å². The van der Waals surface area contributed by atoms with Crippen molar-refractivity contribution in [1.82, 2.24) is 15.0 Å². The highest BCUT2D eigenvalue weighted by Crippen LogP contribution is 2.52. The third kappa shape index (κ3) is 3.71. The predicted octanol–water partition coefficient (Wildman–Crippen LogP) is 4.14. The normalized spacial score (nSPS) is 20.0. The summed E-state index contributed by atoms with van der Waals surface area (Å²) in [6, 6.07) is 15.3. The molecule has 0 aliphatic carbocycles. The first kappa shape index (κ1) is 20.8. The highest BCUT2D eigenvalue weighted by Gasteiger charge is 2.54. The van der Waals surface area contributed by atoms with Crippen LogP contribution < -0.4 is 15.0 Å². The smallest absolute Gasteiger partial charge is 0.324 e. The summed E-state index contributed by atoms with van der Waals surface area (Å²) in [6.45, 7) is 2.13. The molecule has 0 radical (unpaired) electrons. The van der Waals surface area contributed by atoms with Crippen LogP contribution in [0.15, 0.2) is 61.2 Å². The lowest BCUT2D eigenvalue weighted by Gasteiger charge is -2.44. The van der Waals surface area contributed by atoms with Gasteiger partial charge in [0.25, 0.3) is 0 Å². The van der Waals surface area contributed by atoms with E-state index in [2.05, 4.69) is 27.2 Å². The van der Waals surface area contributed by atoms with Gasteiger partial charge in [0.15, 0.2) is 0 Å². The van der Waals surface area contributed by atoms with Gasteiger partial charge in [-0.3, -0.25) is 4.79 Å². The topological polar surface area (TPSA) is 80.2 Å². The summed E-state index contributed by atoms with van der Waals surface area (Å²) in [4.78, 5) is 28.3. The van der Waals surface area contributed by atoms with Gasteiger partial charge in [-0.2, -0.15) is 0 Å². The van der Waals surface area contributed by atoms with Gasteiger partial charge in [0, 0.05) is 25.3 Å². The lowest BCUT2D eigenvalue weighted by Crippen LogP contribution is -2.50. The first-order valence-electron chi connectivity index (χ1n) is 10.5. The van der Waals surface area contributed by atoms with E-state index in [1.165, 1.54) is 12.7 Å². The Labute approximate surface area is 182 Å². The van der Waals surface area contributed by atoms with Crippen LogP contribution in [0, 0.1) is 0 Å². The zero-order valence-corrected chi connectivity index (χ0v) is 18.1. The Morgan fingerprint density at radius 1 is 1.06 bits per heavy atom. The fourth-order valence-corrected chi connectivity index (χ4v) is 4.36. The Hall–Kier alpha value is -3.48. The van der Waals surface area contributed by atoms with Crippen molar-refractivity contribution >= 4 is 17.6 Å². The Kier molecular flexibility index (Phi) is 5.84. The number of ether oxygens (including phenoxy) is 1. The fourth-order valence-electron chi connectivity index (χ4n) is 4.36. The van der Waals surface area contributed by atoms with Crippen LogP contribution in [0.5, 0.6) is 5.75 Å². The van der Waals surface area contributed by atoms with Crippen LogP contribution in [0.4, 0.5) is 11.6 Å². The molecule has 1 aliphatic rings. The molecule has 0 bridgehead atoms. The van der Waals surface area contributed by atoms with Gasteiger partial charge in [0.1, 0.15) is 23.8 Å². The molecular weight excluding hydrogens is 390 g/mol. The number of hydrogen-bond donors (Lipinski definition) is 1. The molecule has 2 heterocycles. The minimum atomic E-state index is -0.928. The van der Waals surface area contributed by atoms with Crippen molar-refractivity contribution in [2.75, 3.05) is 24.3 Å². The quantitative estimate of drug-likeness (QED) is 0.457. The molecule has 7 heteroatoms. The van der Waals surface area contributed by atoms with Crippen molar-refractivity contribution in [3.63, 3.8) is 0 Å². The number of unbranched alkanes of at least 4 members (excludes halogenated alkanes) is 1. The molecule has 2 unspecified atom stereocenters. The van der Waals surface area contributed by atoms with Crippen molar-refractivity contribution in [2.45, 2.75) is 37.6 Å². The van der Waals surface area contributed by atoms with Crippen LogP contribution in [0.2, 0.25) is 0 Å². The number of nitrogens with zero attached hydrogens (tertiary/aromatic N) is 4. The highest BCUT2D eigenvalue weighted by molar-refractivity contribution is 5.91. The summed E-state index contributed by atoms with van der Waals surface area (Å²) in [5.41, 5.74) is 1.89.